The molecule has 0 spiro atoms. The number of benzene rings is 2. The van der Waals surface area contributed by atoms with Gasteiger partial charge in [0.25, 0.3) is 0 Å². The molecule has 2 aromatic carbocycles. The molecule has 0 aliphatic rings. The Morgan fingerprint density at radius 1 is 0.897 bits per heavy atom. The van der Waals surface area contributed by atoms with Crippen LogP contribution in [0.15, 0.2) is 54.6 Å². The molecule has 156 valence electrons. The highest BCUT2D eigenvalue weighted by Gasteiger charge is 2.25. The van der Waals surface area contributed by atoms with Crippen molar-refractivity contribution in [2.45, 2.75) is 58.9 Å². The summed E-state index contributed by atoms with van der Waals surface area (Å²) in [6.45, 7) is 7.15. The topological polar surface area (TPSA) is 49.4 Å². The lowest BCUT2D eigenvalue weighted by molar-refractivity contribution is -0.139. The van der Waals surface area contributed by atoms with Crippen molar-refractivity contribution in [1.29, 1.82) is 0 Å². The second-order valence-electron chi connectivity index (χ2n) is 7.46. The largest absolute Gasteiger partial charge is 0.354 e. The standard InChI is InChI=1S/C25H34N2O2/c1-4-18-26-25(29)20(3)27(19-17-22-9-7-6-8-10-22)24(28)16-15-23-13-11-21(5-2)12-14-23/h6-14,20H,4-5,15-19H2,1-3H3,(H,26,29)/t20-/m0/s1. The summed E-state index contributed by atoms with van der Waals surface area (Å²) in [4.78, 5) is 27.3. The van der Waals surface area contributed by atoms with Crippen LogP contribution in [-0.4, -0.2) is 35.8 Å². The molecular weight excluding hydrogens is 360 g/mol. The quantitative estimate of drug-likeness (QED) is 0.622. The number of nitrogens with zero attached hydrogens (tertiary/aromatic N) is 1. The Morgan fingerprint density at radius 2 is 1.52 bits per heavy atom. The smallest absolute Gasteiger partial charge is 0.242 e. The number of nitrogens with one attached hydrogen (secondary N) is 1. The van der Waals surface area contributed by atoms with E-state index in [1.54, 1.807) is 4.90 Å². The zero-order valence-electron chi connectivity index (χ0n) is 18.0. The van der Waals surface area contributed by atoms with Crippen molar-refractivity contribution < 1.29 is 9.59 Å². The summed E-state index contributed by atoms with van der Waals surface area (Å²) in [7, 11) is 0. The molecule has 0 aliphatic heterocycles. The summed E-state index contributed by atoms with van der Waals surface area (Å²) >= 11 is 0. The summed E-state index contributed by atoms with van der Waals surface area (Å²) in [5.41, 5.74) is 3.62. The molecule has 4 heteroatoms. The molecule has 0 heterocycles. The number of amides is 2. The molecule has 2 rings (SSSR count). The molecule has 0 unspecified atom stereocenters. The van der Waals surface area contributed by atoms with Gasteiger partial charge in [-0.15, -0.1) is 0 Å². The van der Waals surface area contributed by atoms with Gasteiger partial charge in [-0.05, 0) is 49.3 Å². The van der Waals surface area contributed by atoms with Gasteiger partial charge in [-0.1, -0.05) is 68.4 Å². The number of carbonyl (C=O) groups excluding carboxylic acids is 2. The van der Waals surface area contributed by atoms with E-state index in [-0.39, 0.29) is 11.8 Å². The zero-order chi connectivity index (χ0) is 21.1. The van der Waals surface area contributed by atoms with Crippen LogP contribution in [0.25, 0.3) is 0 Å². The normalized spacial score (nSPS) is 11.7. The Balaban J connectivity index is 2.02. The molecule has 1 atom stereocenters. The summed E-state index contributed by atoms with van der Waals surface area (Å²) in [5.74, 6) is -0.0554. The average molecular weight is 395 g/mol. The summed E-state index contributed by atoms with van der Waals surface area (Å²) in [6, 6.07) is 18.0. The Bertz CT molecular complexity index is 756. The molecule has 0 saturated carbocycles. The predicted molar refractivity (Wildman–Crippen MR) is 119 cm³/mol. The first kappa shape index (κ1) is 22.7. The van der Waals surface area contributed by atoms with Crippen LogP contribution in [0.4, 0.5) is 0 Å². The zero-order valence-corrected chi connectivity index (χ0v) is 18.0. The lowest BCUT2D eigenvalue weighted by Crippen LogP contribution is -2.49. The first-order chi connectivity index (χ1) is 14.0. The molecular formula is C25H34N2O2. The van der Waals surface area contributed by atoms with Crippen molar-refractivity contribution in [1.82, 2.24) is 10.2 Å². The second-order valence-corrected chi connectivity index (χ2v) is 7.46. The predicted octanol–water partition coefficient (Wildman–Crippen LogP) is 4.17. The van der Waals surface area contributed by atoms with Crippen LogP contribution in [0.2, 0.25) is 0 Å². The molecule has 0 saturated heterocycles. The maximum absolute atomic E-state index is 13.0. The maximum atomic E-state index is 13.0. The van der Waals surface area contributed by atoms with Crippen molar-refractivity contribution >= 4 is 11.8 Å². The van der Waals surface area contributed by atoms with E-state index in [0.29, 0.717) is 25.9 Å². The van der Waals surface area contributed by atoms with Crippen LogP contribution in [0.5, 0.6) is 0 Å². The van der Waals surface area contributed by atoms with Gasteiger partial charge in [-0.25, -0.2) is 0 Å². The van der Waals surface area contributed by atoms with E-state index in [2.05, 4.69) is 48.6 Å². The third-order valence-corrected chi connectivity index (χ3v) is 5.26. The van der Waals surface area contributed by atoms with Crippen LogP contribution >= 0.6 is 0 Å². The highest BCUT2D eigenvalue weighted by molar-refractivity contribution is 5.87. The fourth-order valence-electron chi connectivity index (χ4n) is 3.30. The first-order valence-corrected chi connectivity index (χ1v) is 10.7. The fourth-order valence-corrected chi connectivity index (χ4v) is 3.30. The highest BCUT2D eigenvalue weighted by atomic mass is 16.2. The van der Waals surface area contributed by atoms with E-state index in [9.17, 15) is 9.59 Å². The summed E-state index contributed by atoms with van der Waals surface area (Å²) in [5, 5.41) is 2.92. The monoisotopic (exact) mass is 394 g/mol. The number of hydrogen-bond donors (Lipinski definition) is 1. The van der Waals surface area contributed by atoms with Crippen LogP contribution < -0.4 is 5.32 Å². The van der Waals surface area contributed by atoms with Crippen LogP contribution in [0.3, 0.4) is 0 Å². The van der Waals surface area contributed by atoms with Crippen molar-refractivity contribution in [2.75, 3.05) is 13.1 Å². The minimum atomic E-state index is -0.472. The number of rotatable bonds is 11. The summed E-state index contributed by atoms with van der Waals surface area (Å²) < 4.78 is 0. The highest BCUT2D eigenvalue weighted by Crippen LogP contribution is 2.12. The Kier molecular flexibility index (Phi) is 9.42. The molecule has 0 aliphatic carbocycles. The molecule has 1 N–H and O–H groups in total. The number of carbonyl (C=O) groups is 2. The van der Waals surface area contributed by atoms with Gasteiger partial charge in [0.05, 0.1) is 0 Å². The number of aryl methyl sites for hydroxylation is 2. The maximum Gasteiger partial charge on any atom is 0.242 e. The van der Waals surface area contributed by atoms with Gasteiger partial charge >= 0.3 is 0 Å². The van der Waals surface area contributed by atoms with Crippen molar-refractivity contribution in [3.8, 4) is 0 Å². The third kappa shape index (κ3) is 7.37. The van der Waals surface area contributed by atoms with Crippen LogP contribution in [0.1, 0.15) is 50.3 Å². The lowest BCUT2D eigenvalue weighted by atomic mass is 10.0. The van der Waals surface area contributed by atoms with Crippen LogP contribution in [0, 0.1) is 0 Å². The average Bonchev–Trinajstić information content (AvgIpc) is 2.77. The van der Waals surface area contributed by atoms with Gasteiger partial charge in [0, 0.05) is 19.5 Å². The minimum Gasteiger partial charge on any atom is -0.354 e. The second kappa shape index (κ2) is 12.1. The van der Waals surface area contributed by atoms with Gasteiger partial charge in [-0.2, -0.15) is 0 Å². The van der Waals surface area contributed by atoms with Crippen molar-refractivity contribution in [2.24, 2.45) is 0 Å². The van der Waals surface area contributed by atoms with E-state index < -0.39 is 6.04 Å². The van der Waals surface area contributed by atoms with Gasteiger partial charge in [0.15, 0.2) is 0 Å². The molecule has 0 radical (unpaired) electrons. The molecule has 0 aromatic heterocycles. The van der Waals surface area contributed by atoms with Crippen molar-refractivity contribution in [3.63, 3.8) is 0 Å². The van der Waals surface area contributed by atoms with E-state index >= 15 is 0 Å². The lowest BCUT2D eigenvalue weighted by Gasteiger charge is -2.29. The Hall–Kier alpha value is -2.62. The molecule has 29 heavy (non-hydrogen) atoms. The van der Waals surface area contributed by atoms with E-state index in [1.165, 1.54) is 11.1 Å². The van der Waals surface area contributed by atoms with Gasteiger partial charge in [0.1, 0.15) is 6.04 Å². The van der Waals surface area contributed by atoms with Gasteiger partial charge in [-0.3, -0.25) is 9.59 Å². The van der Waals surface area contributed by atoms with Gasteiger partial charge in [0.2, 0.25) is 11.8 Å². The Labute approximate surface area is 175 Å². The van der Waals surface area contributed by atoms with E-state index in [1.807, 2.05) is 32.0 Å². The van der Waals surface area contributed by atoms with Gasteiger partial charge < -0.3 is 10.2 Å². The molecule has 4 nitrogen and oxygen atoms in total. The Morgan fingerprint density at radius 3 is 2.14 bits per heavy atom. The molecule has 0 fully saturated rings. The van der Waals surface area contributed by atoms with Crippen LogP contribution in [-0.2, 0) is 28.9 Å². The molecule has 2 amide bonds. The minimum absolute atomic E-state index is 0.0275. The number of hydrogen-bond acceptors (Lipinski definition) is 2. The third-order valence-electron chi connectivity index (χ3n) is 5.26. The first-order valence-electron chi connectivity index (χ1n) is 10.7. The van der Waals surface area contributed by atoms with Crippen molar-refractivity contribution in [3.05, 3.63) is 71.3 Å². The molecule has 0 bridgehead atoms. The SMILES string of the molecule is CCCNC(=O)[C@H](C)N(CCc1ccccc1)C(=O)CCc1ccc(CC)cc1. The van der Waals surface area contributed by atoms with E-state index in [0.717, 1.165) is 24.8 Å². The van der Waals surface area contributed by atoms with E-state index in [4.69, 9.17) is 0 Å². The fraction of sp³-hybridized carbons (Fsp3) is 0.440. The summed E-state index contributed by atoms with van der Waals surface area (Å²) in [6.07, 6.45) is 3.73. The molecule has 2 aromatic rings.